The van der Waals surface area contributed by atoms with Gasteiger partial charge in [0.2, 0.25) is 0 Å². The zero-order valence-corrected chi connectivity index (χ0v) is 12.9. The molecule has 3 aliphatic rings. The third-order valence-electron chi connectivity index (χ3n) is 4.54. The van der Waals surface area contributed by atoms with Crippen LogP contribution in [0.2, 0.25) is 0 Å². The molecule has 0 aromatic heterocycles. The zero-order valence-electron chi connectivity index (χ0n) is 12.9. The van der Waals surface area contributed by atoms with Crippen molar-refractivity contribution < 1.29 is 23.9 Å². The molecule has 0 aromatic carbocycles. The molecule has 0 amide bonds. The maximum absolute atomic E-state index is 12.4. The summed E-state index contributed by atoms with van der Waals surface area (Å²) in [5.74, 6) is -1.12. The van der Waals surface area contributed by atoms with E-state index in [2.05, 4.69) is 5.48 Å². The predicted octanol–water partition coefficient (Wildman–Crippen LogP) is 1.56. The van der Waals surface area contributed by atoms with E-state index in [-0.39, 0.29) is 17.2 Å². The maximum Gasteiger partial charge on any atom is 0.356 e. The van der Waals surface area contributed by atoms with Gasteiger partial charge in [0.15, 0.2) is 0 Å². The maximum atomic E-state index is 12.4. The van der Waals surface area contributed by atoms with Crippen LogP contribution in [0.15, 0.2) is 23.3 Å². The zero-order chi connectivity index (χ0) is 15.7. The van der Waals surface area contributed by atoms with Crippen LogP contribution < -0.4 is 5.48 Å². The molecule has 0 aromatic rings. The van der Waals surface area contributed by atoms with Gasteiger partial charge in [0, 0.05) is 6.04 Å². The largest absolute Gasteiger partial charge is 0.466 e. The molecule has 3 rings (SSSR count). The summed E-state index contributed by atoms with van der Waals surface area (Å²) >= 11 is 0. The standard InChI is InChI=1S/C16H21NO5/c1-16-9-8-11(21-16)12(14(18)20-2)13(16)15(19)22-17-10-6-4-3-5-7-10/h8-11,17H,3-7H2,1-2H3. The molecular weight excluding hydrogens is 286 g/mol. The molecule has 1 saturated carbocycles. The fourth-order valence-electron chi connectivity index (χ4n) is 3.37. The third kappa shape index (κ3) is 2.57. The number of hydrogen-bond acceptors (Lipinski definition) is 6. The number of nitrogens with one attached hydrogen (secondary N) is 1. The Morgan fingerprint density at radius 3 is 2.68 bits per heavy atom. The number of rotatable bonds is 4. The third-order valence-corrected chi connectivity index (χ3v) is 4.54. The van der Waals surface area contributed by atoms with Crippen LogP contribution in [0.25, 0.3) is 0 Å². The van der Waals surface area contributed by atoms with Crippen molar-refractivity contribution >= 4 is 11.9 Å². The Hall–Kier alpha value is -1.66. The number of methoxy groups -OCH3 is 1. The second kappa shape index (κ2) is 5.85. The molecule has 6 nitrogen and oxygen atoms in total. The highest BCUT2D eigenvalue weighted by atomic mass is 16.7. The molecule has 0 saturated heterocycles. The molecule has 2 unspecified atom stereocenters. The Balaban J connectivity index is 1.74. The number of fused-ring (bicyclic) bond motifs is 2. The quantitative estimate of drug-likeness (QED) is 0.483. The summed E-state index contributed by atoms with van der Waals surface area (Å²) < 4.78 is 10.5. The molecule has 6 heteroatoms. The minimum Gasteiger partial charge on any atom is -0.466 e. The molecule has 2 bridgehead atoms. The lowest BCUT2D eigenvalue weighted by Crippen LogP contribution is -2.37. The molecule has 2 aliphatic heterocycles. The van der Waals surface area contributed by atoms with E-state index in [1.165, 1.54) is 13.5 Å². The average molecular weight is 307 g/mol. The topological polar surface area (TPSA) is 73.9 Å². The SMILES string of the molecule is COC(=O)C1=C(C(=O)ONC2CCCCC2)C2(C)C=CC1O2. The summed E-state index contributed by atoms with van der Waals surface area (Å²) in [5, 5.41) is 0. The molecule has 0 radical (unpaired) electrons. The Morgan fingerprint density at radius 1 is 1.27 bits per heavy atom. The van der Waals surface area contributed by atoms with Crippen molar-refractivity contribution in [2.45, 2.75) is 56.8 Å². The van der Waals surface area contributed by atoms with E-state index in [4.69, 9.17) is 14.3 Å². The van der Waals surface area contributed by atoms with Crippen molar-refractivity contribution in [1.29, 1.82) is 0 Å². The highest BCUT2D eigenvalue weighted by Gasteiger charge is 2.52. The van der Waals surface area contributed by atoms with Crippen molar-refractivity contribution in [3.05, 3.63) is 23.3 Å². The summed E-state index contributed by atoms with van der Waals surface area (Å²) in [5.41, 5.74) is 2.39. The Kier molecular flexibility index (Phi) is 4.06. The Bertz CT molecular complexity index is 547. The fraction of sp³-hybridized carbons (Fsp3) is 0.625. The first-order chi connectivity index (χ1) is 10.5. The average Bonchev–Trinajstić information content (AvgIpc) is 3.06. The van der Waals surface area contributed by atoms with E-state index >= 15 is 0 Å². The Labute approximate surface area is 129 Å². The second-order valence-electron chi connectivity index (χ2n) is 6.13. The summed E-state index contributed by atoms with van der Waals surface area (Å²) in [6.45, 7) is 1.75. The van der Waals surface area contributed by atoms with Crippen LogP contribution in [0.4, 0.5) is 0 Å². The molecule has 1 fully saturated rings. The van der Waals surface area contributed by atoms with Crippen molar-refractivity contribution in [3.8, 4) is 0 Å². The van der Waals surface area contributed by atoms with Crippen LogP contribution in [-0.2, 0) is 23.9 Å². The van der Waals surface area contributed by atoms with Gasteiger partial charge in [0.05, 0.1) is 18.3 Å². The lowest BCUT2D eigenvalue weighted by atomic mass is 9.88. The highest BCUT2D eigenvalue weighted by molar-refractivity contribution is 6.04. The number of hydrogen-bond donors (Lipinski definition) is 1. The lowest BCUT2D eigenvalue weighted by Gasteiger charge is -2.24. The van der Waals surface area contributed by atoms with E-state index < -0.39 is 23.6 Å². The van der Waals surface area contributed by atoms with E-state index in [0.29, 0.717) is 0 Å². The fourth-order valence-corrected chi connectivity index (χ4v) is 3.37. The molecule has 2 atom stereocenters. The van der Waals surface area contributed by atoms with Gasteiger partial charge in [-0.15, -0.1) is 5.48 Å². The molecule has 2 heterocycles. The molecule has 0 spiro atoms. The highest BCUT2D eigenvalue weighted by Crippen LogP contribution is 2.43. The smallest absolute Gasteiger partial charge is 0.356 e. The molecule has 120 valence electrons. The first kappa shape index (κ1) is 15.2. The molecule has 1 aliphatic carbocycles. The molecular formula is C16H21NO5. The van der Waals surface area contributed by atoms with Gasteiger partial charge in [-0.05, 0) is 25.8 Å². The second-order valence-corrected chi connectivity index (χ2v) is 6.13. The monoisotopic (exact) mass is 307 g/mol. The van der Waals surface area contributed by atoms with Gasteiger partial charge in [-0.2, -0.15) is 0 Å². The first-order valence-electron chi connectivity index (χ1n) is 7.72. The van der Waals surface area contributed by atoms with Gasteiger partial charge in [0.25, 0.3) is 0 Å². The van der Waals surface area contributed by atoms with Gasteiger partial charge in [0.1, 0.15) is 11.7 Å². The van der Waals surface area contributed by atoms with Crippen LogP contribution in [0.1, 0.15) is 39.0 Å². The van der Waals surface area contributed by atoms with E-state index in [1.54, 1.807) is 19.1 Å². The minimum absolute atomic E-state index is 0.183. The van der Waals surface area contributed by atoms with Crippen LogP contribution in [0.3, 0.4) is 0 Å². The number of carbonyl (C=O) groups excluding carboxylic acids is 2. The summed E-state index contributed by atoms with van der Waals surface area (Å²) in [4.78, 5) is 29.6. The van der Waals surface area contributed by atoms with Gasteiger partial charge in [-0.1, -0.05) is 25.3 Å². The van der Waals surface area contributed by atoms with Crippen LogP contribution in [0, 0.1) is 0 Å². The number of hydroxylamine groups is 1. The minimum atomic E-state index is -0.917. The van der Waals surface area contributed by atoms with Crippen molar-refractivity contribution in [3.63, 3.8) is 0 Å². The van der Waals surface area contributed by atoms with E-state index in [1.807, 2.05) is 0 Å². The predicted molar refractivity (Wildman–Crippen MR) is 77.6 cm³/mol. The van der Waals surface area contributed by atoms with Gasteiger partial charge in [-0.25, -0.2) is 9.59 Å². The summed E-state index contributed by atoms with van der Waals surface area (Å²) in [7, 11) is 1.29. The van der Waals surface area contributed by atoms with Crippen LogP contribution in [-0.4, -0.2) is 36.8 Å². The van der Waals surface area contributed by atoms with Crippen LogP contribution in [0.5, 0.6) is 0 Å². The normalized spacial score (nSPS) is 30.7. The summed E-state index contributed by atoms with van der Waals surface area (Å²) in [6, 6.07) is 0.183. The summed E-state index contributed by atoms with van der Waals surface area (Å²) in [6.07, 6.45) is 8.49. The first-order valence-corrected chi connectivity index (χ1v) is 7.72. The van der Waals surface area contributed by atoms with Gasteiger partial charge >= 0.3 is 11.9 Å². The van der Waals surface area contributed by atoms with E-state index in [0.717, 1.165) is 25.7 Å². The van der Waals surface area contributed by atoms with Crippen molar-refractivity contribution in [2.75, 3.05) is 7.11 Å². The Morgan fingerprint density at radius 2 is 2.00 bits per heavy atom. The molecule has 1 N–H and O–H groups in total. The van der Waals surface area contributed by atoms with Gasteiger partial charge in [-0.3, -0.25) is 0 Å². The molecule has 22 heavy (non-hydrogen) atoms. The number of carbonyl (C=O) groups is 2. The lowest BCUT2D eigenvalue weighted by molar-refractivity contribution is -0.150. The van der Waals surface area contributed by atoms with E-state index in [9.17, 15) is 9.59 Å². The van der Waals surface area contributed by atoms with Crippen molar-refractivity contribution in [2.24, 2.45) is 0 Å². The van der Waals surface area contributed by atoms with Gasteiger partial charge < -0.3 is 14.3 Å². The number of esters is 1. The number of ether oxygens (including phenoxy) is 2. The van der Waals surface area contributed by atoms with Crippen LogP contribution >= 0.6 is 0 Å². The van der Waals surface area contributed by atoms with Crippen molar-refractivity contribution in [1.82, 2.24) is 5.48 Å².